The van der Waals surface area contributed by atoms with Crippen molar-refractivity contribution in [3.05, 3.63) is 6.42 Å². The molecule has 0 N–H and O–H groups in total. The number of nitrogens with zero attached hydrogens (tertiary/aromatic N) is 2. The fraction of sp³-hybridized carbons (Fsp3) is 0.889. The fourth-order valence-electron chi connectivity index (χ4n) is 2.00. The lowest BCUT2D eigenvalue weighted by Crippen LogP contribution is -2.43. The Morgan fingerprint density at radius 3 is 1.91 bits per heavy atom. The largest absolute Gasteiger partial charge is 0.242 e. The normalized spacial score (nSPS) is 29.5. The molecule has 0 unspecified atom stereocenters. The van der Waals surface area contributed by atoms with Crippen molar-refractivity contribution in [3.8, 4) is 0 Å². The van der Waals surface area contributed by atoms with Crippen molar-refractivity contribution in [2.45, 2.75) is 25.7 Å². The van der Waals surface area contributed by atoms with Crippen LogP contribution in [0.3, 0.4) is 0 Å². The molecule has 63 valence electrons. The molecule has 2 saturated heterocycles. The molecule has 0 aliphatic carbocycles. The smallest absolute Gasteiger partial charge is 0.0136 e. The Balaban J connectivity index is 1.82. The van der Waals surface area contributed by atoms with E-state index in [4.69, 9.17) is 0 Å². The number of piperidine rings is 1. The van der Waals surface area contributed by atoms with Crippen LogP contribution in [0.1, 0.15) is 25.7 Å². The summed E-state index contributed by atoms with van der Waals surface area (Å²) in [5.41, 5.74) is 0. The van der Waals surface area contributed by atoms with Crippen LogP contribution in [0, 0.1) is 6.42 Å². The molecule has 2 rings (SSSR count). The van der Waals surface area contributed by atoms with Crippen molar-refractivity contribution < 1.29 is 0 Å². The maximum atomic E-state index is 2.53. The van der Waals surface area contributed by atoms with E-state index in [9.17, 15) is 0 Å². The highest BCUT2D eigenvalue weighted by molar-refractivity contribution is 4.77. The first kappa shape index (κ1) is 7.56. The van der Waals surface area contributed by atoms with Crippen molar-refractivity contribution in [2.75, 3.05) is 26.2 Å². The maximum absolute atomic E-state index is 2.53. The molecule has 0 aromatic carbocycles. The third-order valence-electron chi connectivity index (χ3n) is 2.67. The SMILES string of the molecule is [CH]1CCN(N2CCCC2)CC1. The highest BCUT2D eigenvalue weighted by atomic mass is 15.6. The minimum absolute atomic E-state index is 1.26. The standard InChI is InChI=1S/C9H17N2/c1-2-6-10(7-3-1)11-8-4-5-9-11/h1H,2-9H2. The fourth-order valence-corrected chi connectivity index (χ4v) is 2.00. The van der Waals surface area contributed by atoms with E-state index in [1.165, 1.54) is 51.9 Å². The first-order valence-corrected chi connectivity index (χ1v) is 4.78. The zero-order valence-electron chi connectivity index (χ0n) is 7.13. The Bertz CT molecular complexity index is 113. The number of hydrogen-bond acceptors (Lipinski definition) is 2. The topological polar surface area (TPSA) is 6.48 Å². The van der Waals surface area contributed by atoms with Gasteiger partial charge < -0.3 is 0 Å². The van der Waals surface area contributed by atoms with Gasteiger partial charge in [0.2, 0.25) is 0 Å². The molecule has 0 bridgehead atoms. The van der Waals surface area contributed by atoms with E-state index >= 15 is 0 Å². The molecular formula is C9H17N2. The Morgan fingerprint density at radius 2 is 1.27 bits per heavy atom. The lowest BCUT2D eigenvalue weighted by Gasteiger charge is -2.34. The monoisotopic (exact) mass is 153 g/mol. The highest BCUT2D eigenvalue weighted by Gasteiger charge is 2.20. The molecule has 2 aliphatic heterocycles. The lowest BCUT2D eigenvalue weighted by molar-refractivity contribution is -0.0107. The molecule has 2 aliphatic rings. The Hall–Kier alpha value is -0.0800. The van der Waals surface area contributed by atoms with Crippen LogP contribution in [0.25, 0.3) is 0 Å². The van der Waals surface area contributed by atoms with Crippen molar-refractivity contribution in [3.63, 3.8) is 0 Å². The summed E-state index contributed by atoms with van der Waals surface area (Å²) >= 11 is 0. The van der Waals surface area contributed by atoms with E-state index in [1.807, 2.05) is 0 Å². The van der Waals surface area contributed by atoms with Gasteiger partial charge >= 0.3 is 0 Å². The van der Waals surface area contributed by atoms with Gasteiger partial charge in [-0.05, 0) is 32.1 Å². The van der Waals surface area contributed by atoms with E-state index in [0.717, 1.165) is 0 Å². The third-order valence-corrected chi connectivity index (χ3v) is 2.67. The van der Waals surface area contributed by atoms with E-state index in [-0.39, 0.29) is 0 Å². The van der Waals surface area contributed by atoms with Crippen molar-refractivity contribution in [1.29, 1.82) is 0 Å². The quantitative estimate of drug-likeness (QED) is 0.560. The maximum Gasteiger partial charge on any atom is 0.0136 e. The summed E-state index contributed by atoms with van der Waals surface area (Å²) in [6.07, 6.45) is 7.79. The predicted molar refractivity (Wildman–Crippen MR) is 45.9 cm³/mol. The van der Waals surface area contributed by atoms with Crippen molar-refractivity contribution >= 4 is 0 Å². The van der Waals surface area contributed by atoms with Gasteiger partial charge in [0.15, 0.2) is 0 Å². The van der Waals surface area contributed by atoms with Crippen LogP contribution < -0.4 is 0 Å². The van der Waals surface area contributed by atoms with Crippen LogP contribution in [0.5, 0.6) is 0 Å². The molecule has 2 heterocycles. The molecule has 0 saturated carbocycles. The van der Waals surface area contributed by atoms with Gasteiger partial charge in [-0.3, -0.25) is 0 Å². The molecular weight excluding hydrogens is 136 g/mol. The average Bonchev–Trinajstić information content (AvgIpc) is 2.58. The van der Waals surface area contributed by atoms with Crippen molar-refractivity contribution in [1.82, 2.24) is 10.0 Å². The Labute approximate surface area is 69.1 Å². The second kappa shape index (κ2) is 3.55. The molecule has 0 aromatic heterocycles. The molecule has 0 atom stereocenters. The van der Waals surface area contributed by atoms with Gasteiger partial charge in [0.25, 0.3) is 0 Å². The first-order valence-electron chi connectivity index (χ1n) is 4.78. The van der Waals surface area contributed by atoms with Crippen LogP contribution in [0.4, 0.5) is 0 Å². The van der Waals surface area contributed by atoms with Crippen LogP contribution >= 0.6 is 0 Å². The highest BCUT2D eigenvalue weighted by Crippen LogP contribution is 2.15. The summed E-state index contributed by atoms with van der Waals surface area (Å²) in [6.45, 7) is 5.14. The van der Waals surface area contributed by atoms with Crippen LogP contribution in [0.2, 0.25) is 0 Å². The van der Waals surface area contributed by atoms with Crippen molar-refractivity contribution in [2.24, 2.45) is 0 Å². The third kappa shape index (κ3) is 1.74. The summed E-state index contributed by atoms with van der Waals surface area (Å²) in [6, 6.07) is 0. The first-order chi connectivity index (χ1) is 5.47. The molecule has 1 radical (unpaired) electrons. The van der Waals surface area contributed by atoms with Gasteiger partial charge in [0, 0.05) is 26.2 Å². The number of rotatable bonds is 1. The predicted octanol–water partition coefficient (Wildman–Crippen LogP) is 1.30. The van der Waals surface area contributed by atoms with Crippen LogP contribution in [0.15, 0.2) is 0 Å². The molecule has 0 aromatic rings. The Morgan fingerprint density at radius 1 is 0.727 bits per heavy atom. The number of hydrogen-bond donors (Lipinski definition) is 0. The molecule has 0 spiro atoms. The molecule has 11 heavy (non-hydrogen) atoms. The molecule has 2 fully saturated rings. The Kier molecular flexibility index (Phi) is 2.44. The zero-order chi connectivity index (χ0) is 7.52. The number of hydrazine groups is 1. The van der Waals surface area contributed by atoms with Gasteiger partial charge in [-0.1, -0.05) is 0 Å². The van der Waals surface area contributed by atoms with Gasteiger partial charge in [-0.15, -0.1) is 0 Å². The molecule has 2 heteroatoms. The summed E-state index contributed by atoms with van der Waals surface area (Å²) in [7, 11) is 0. The lowest BCUT2D eigenvalue weighted by atomic mass is 10.2. The second-order valence-corrected chi connectivity index (χ2v) is 3.48. The van der Waals surface area contributed by atoms with Gasteiger partial charge in [0.05, 0.1) is 0 Å². The van der Waals surface area contributed by atoms with Crippen LogP contribution in [-0.4, -0.2) is 36.2 Å². The minimum Gasteiger partial charge on any atom is -0.242 e. The van der Waals surface area contributed by atoms with E-state index in [1.54, 1.807) is 0 Å². The molecule has 2 nitrogen and oxygen atoms in total. The molecule has 0 amide bonds. The summed E-state index contributed by atoms with van der Waals surface area (Å²) in [5, 5.41) is 5.07. The van der Waals surface area contributed by atoms with E-state index < -0.39 is 0 Å². The van der Waals surface area contributed by atoms with Crippen LogP contribution in [-0.2, 0) is 0 Å². The minimum atomic E-state index is 1.26. The zero-order valence-corrected chi connectivity index (χ0v) is 7.13. The summed E-state index contributed by atoms with van der Waals surface area (Å²) in [5.74, 6) is 0. The second-order valence-electron chi connectivity index (χ2n) is 3.48. The van der Waals surface area contributed by atoms with Gasteiger partial charge in [0.1, 0.15) is 0 Å². The van der Waals surface area contributed by atoms with Gasteiger partial charge in [-0.25, -0.2) is 10.0 Å². The van der Waals surface area contributed by atoms with E-state index in [0.29, 0.717) is 0 Å². The van der Waals surface area contributed by atoms with Gasteiger partial charge in [-0.2, -0.15) is 0 Å². The summed E-state index contributed by atoms with van der Waals surface area (Å²) < 4.78 is 0. The average molecular weight is 153 g/mol. The van der Waals surface area contributed by atoms with E-state index in [2.05, 4.69) is 16.4 Å². The summed E-state index contributed by atoms with van der Waals surface area (Å²) in [4.78, 5) is 0.